The van der Waals surface area contributed by atoms with Gasteiger partial charge in [0.1, 0.15) is 0 Å². The lowest BCUT2D eigenvalue weighted by molar-refractivity contribution is -0.0741. The molecule has 0 bridgehead atoms. The van der Waals surface area contributed by atoms with Gasteiger partial charge in [0.05, 0.1) is 12.7 Å². The van der Waals surface area contributed by atoms with Gasteiger partial charge in [-0.3, -0.25) is 4.90 Å². The van der Waals surface area contributed by atoms with Crippen LogP contribution >= 0.6 is 0 Å². The van der Waals surface area contributed by atoms with Gasteiger partial charge in [0.25, 0.3) is 0 Å². The van der Waals surface area contributed by atoms with Gasteiger partial charge in [-0.1, -0.05) is 40.5 Å². The minimum Gasteiger partial charge on any atom is -0.374 e. The summed E-state index contributed by atoms with van der Waals surface area (Å²) in [5, 5.41) is 0. The molecule has 0 amide bonds. The Balaban J connectivity index is 0.00000137. The average molecular weight is 258 g/mol. The van der Waals surface area contributed by atoms with E-state index in [1.807, 2.05) is 13.8 Å². The molecule has 0 saturated carbocycles. The zero-order valence-electron chi connectivity index (χ0n) is 13.4. The van der Waals surface area contributed by atoms with E-state index < -0.39 is 0 Å². The van der Waals surface area contributed by atoms with E-state index in [-0.39, 0.29) is 0 Å². The molecule has 1 fully saturated rings. The number of ether oxygens (including phenoxy) is 1. The van der Waals surface area contributed by atoms with Crippen molar-refractivity contribution in [3.8, 4) is 0 Å². The number of unbranched alkanes of at least 4 members (excludes halogenated alkanes) is 1. The first kappa shape index (κ1) is 17.9. The summed E-state index contributed by atoms with van der Waals surface area (Å²) in [6.45, 7) is 12.6. The first-order valence-corrected chi connectivity index (χ1v) is 7.69. The molecule has 0 radical (unpaired) electrons. The highest BCUT2D eigenvalue weighted by Crippen LogP contribution is 2.18. The number of nitrogens with zero attached hydrogens (tertiary/aromatic N) is 2. The highest BCUT2D eigenvalue weighted by atomic mass is 16.5. The Labute approximate surface area is 114 Å². The SMILES string of the molecule is CC.CCCCC1C(CN(C)CC)OCCN1C. The third kappa shape index (κ3) is 6.17. The molecule has 1 saturated heterocycles. The van der Waals surface area contributed by atoms with Crippen molar-refractivity contribution in [2.75, 3.05) is 40.3 Å². The number of morpholine rings is 1. The summed E-state index contributed by atoms with van der Waals surface area (Å²) in [6.07, 6.45) is 4.26. The maximum Gasteiger partial charge on any atom is 0.0857 e. The Bertz CT molecular complexity index is 187. The third-order valence-corrected chi connectivity index (χ3v) is 3.66. The summed E-state index contributed by atoms with van der Waals surface area (Å²) >= 11 is 0. The highest BCUT2D eigenvalue weighted by Gasteiger charge is 2.29. The lowest BCUT2D eigenvalue weighted by Crippen LogP contribution is -2.53. The van der Waals surface area contributed by atoms with Gasteiger partial charge in [-0.05, 0) is 27.1 Å². The Morgan fingerprint density at radius 3 is 2.50 bits per heavy atom. The fourth-order valence-corrected chi connectivity index (χ4v) is 2.34. The minimum absolute atomic E-state index is 0.398. The van der Waals surface area contributed by atoms with Crippen molar-refractivity contribution < 1.29 is 4.74 Å². The van der Waals surface area contributed by atoms with Crippen LogP contribution < -0.4 is 0 Å². The molecule has 0 aromatic heterocycles. The van der Waals surface area contributed by atoms with Crippen molar-refractivity contribution in [1.82, 2.24) is 9.80 Å². The van der Waals surface area contributed by atoms with E-state index in [9.17, 15) is 0 Å². The van der Waals surface area contributed by atoms with E-state index in [2.05, 4.69) is 37.7 Å². The summed E-state index contributed by atoms with van der Waals surface area (Å²) in [5.74, 6) is 0. The van der Waals surface area contributed by atoms with Crippen LogP contribution in [0.25, 0.3) is 0 Å². The monoisotopic (exact) mass is 258 g/mol. The van der Waals surface area contributed by atoms with Gasteiger partial charge in [-0.25, -0.2) is 0 Å². The van der Waals surface area contributed by atoms with Crippen LogP contribution in [0, 0.1) is 0 Å². The zero-order chi connectivity index (χ0) is 14.0. The molecular weight excluding hydrogens is 224 g/mol. The van der Waals surface area contributed by atoms with Crippen LogP contribution in [0.5, 0.6) is 0 Å². The molecule has 18 heavy (non-hydrogen) atoms. The van der Waals surface area contributed by atoms with Crippen LogP contribution in [0.2, 0.25) is 0 Å². The topological polar surface area (TPSA) is 15.7 Å². The maximum atomic E-state index is 5.95. The molecule has 2 unspecified atom stereocenters. The number of hydrogen-bond donors (Lipinski definition) is 0. The molecule has 1 heterocycles. The molecule has 110 valence electrons. The Hall–Kier alpha value is -0.120. The van der Waals surface area contributed by atoms with Gasteiger partial charge in [-0.15, -0.1) is 0 Å². The molecule has 1 aliphatic heterocycles. The van der Waals surface area contributed by atoms with Gasteiger partial charge >= 0.3 is 0 Å². The highest BCUT2D eigenvalue weighted by molar-refractivity contribution is 4.83. The number of likely N-dealkylation sites (N-methyl/N-ethyl adjacent to an activating group) is 2. The summed E-state index contributed by atoms with van der Waals surface area (Å²) in [4.78, 5) is 4.83. The van der Waals surface area contributed by atoms with Crippen LogP contribution in [0.4, 0.5) is 0 Å². The molecule has 3 heteroatoms. The van der Waals surface area contributed by atoms with Crippen molar-refractivity contribution in [1.29, 1.82) is 0 Å². The van der Waals surface area contributed by atoms with Gasteiger partial charge < -0.3 is 9.64 Å². The van der Waals surface area contributed by atoms with Crippen LogP contribution in [0.3, 0.4) is 0 Å². The van der Waals surface area contributed by atoms with Crippen molar-refractivity contribution in [3.05, 3.63) is 0 Å². The fourth-order valence-electron chi connectivity index (χ4n) is 2.34. The quantitative estimate of drug-likeness (QED) is 0.728. The molecule has 0 aromatic carbocycles. The van der Waals surface area contributed by atoms with Gasteiger partial charge in [0.2, 0.25) is 0 Å². The van der Waals surface area contributed by atoms with Crippen molar-refractivity contribution in [3.63, 3.8) is 0 Å². The van der Waals surface area contributed by atoms with Crippen LogP contribution in [0.1, 0.15) is 47.0 Å². The number of rotatable bonds is 6. The predicted molar refractivity (Wildman–Crippen MR) is 80.2 cm³/mol. The minimum atomic E-state index is 0.398. The predicted octanol–water partition coefficient (Wildman–Crippen LogP) is 2.85. The maximum absolute atomic E-state index is 5.95. The van der Waals surface area contributed by atoms with E-state index in [0.717, 1.165) is 26.2 Å². The molecule has 0 N–H and O–H groups in total. The van der Waals surface area contributed by atoms with Crippen molar-refractivity contribution in [2.24, 2.45) is 0 Å². The van der Waals surface area contributed by atoms with E-state index in [4.69, 9.17) is 4.74 Å². The smallest absolute Gasteiger partial charge is 0.0857 e. The van der Waals surface area contributed by atoms with Crippen LogP contribution in [-0.4, -0.2) is 62.3 Å². The largest absolute Gasteiger partial charge is 0.374 e. The third-order valence-electron chi connectivity index (χ3n) is 3.66. The standard InChI is InChI=1S/C13H28N2O.C2H6/c1-5-7-8-12-13(11-14(3)6-2)16-10-9-15(12)4;1-2/h12-13H,5-11H2,1-4H3;1-2H3. The fraction of sp³-hybridized carbons (Fsp3) is 1.00. The molecule has 0 aliphatic carbocycles. The summed E-state index contributed by atoms with van der Waals surface area (Å²) in [6, 6.07) is 0.614. The summed E-state index contributed by atoms with van der Waals surface area (Å²) in [7, 11) is 4.41. The molecule has 0 spiro atoms. The second kappa shape index (κ2) is 10.8. The first-order chi connectivity index (χ1) is 8.69. The van der Waals surface area contributed by atoms with E-state index >= 15 is 0 Å². The lowest BCUT2D eigenvalue weighted by Gasteiger charge is -2.40. The molecule has 2 atom stereocenters. The number of hydrogen-bond acceptors (Lipinski definition) is 3. The zero-order valence-corrected chi connectivity index (χ0v) is 13.4. The van der Waals surface area contributed by atoms with Crippen LogP contribution in [0.15, 0.2) is 0 Å². The normalized spacial score (nSPS) is 24.8. The lowest BCUT2D eigenvalue weighted by atomic mass is 10.0. The van der Waals surface area contributed by atoms with E-state index in [0.29, 0.717) is 12.1 Å². The first-order valence-electron chi connectivity index (χ1n) is 7.69. The molecule has 3 nitrogen and oxygen atoms in total. The second-order valence-corrected chi connectivity index (χ2v) is 4.95. The average Bonchev–Trinajstić information content (AvgIpc) is 2.40. The van der Waals surface area contributed by atoms with E-state index in [1.165, 1.54) is 19.3 Å². The molecule has 1 aliphatic rings. The Morgan fingerprint density at radius 2 is 1.94 bits per heavy atom. The summed E-state index contributed by atoms with van der Waals surface area (Å²) in [5.41, 5.74) is 0. The van der Waals surface area contributed by atoms with Gasteiger partial charge in [0, 0.05) is 19.1 Å². The summed E-state index contributed by atoms with van der Waals surface area (Å²) < 4.78 is 5.95. The van der Waals surface area contributed by atoms with E-state index in [1.54, 1.807) is 0 Å². The van der Waals surface area contributed by atoms with Crippen LogP contribution in [-0.2, 0) is 4.74 Å². The molecular formula is C15H34N2O. The van der Waals surface area contributed by atoms with Gasteiger partial charge in [-0.2, -0.15) is 0 Å². The Kier molecular flexibility index (Phi) is 10.7. The second-order valence-electron chi connectivity index (χ2n) is 4.95. The van der Waals surface area contributed by atoms with Crippen molar-refractivity contribution in [2.45, 2.75) is 59.1 Å². The Morgan fingerprint density at radius 1 is 1.28 bits per heavy atom. The molecule has 0 aromatic rings. The van der Waals surface area contributed by atoms with Crippen molar-refractivity contribution >= 4 is 0 Å². The van der Waals surface area contributed by atoms with Gasteiger partial charge in [0.15, 0.2) is 0 Å². The molecule has 1 rings (SSSR count).